The number of halogens is 3. The summed E-state index contributed by atoms with van der Waals surface area (Å²) in [6.45, 7) is 4.22. The van der Waals surface area contributed by atoms with Crippen LogP contribution >= 0.6 is 0 Å². The number of carbonyl (C=O) groups excluding carboxylic acids is 2. The van der Waals surface area contributed by atoms with Crippen molar-refractivity contribution in [3.63, 3.8) is 0 Å². The molecule has 19 heavy (non-hydrogen) atoms. The van der Waals surface area contributed by atoms with Crippen molar-refractivity contribution in [1.82, 2.24) is 10.2 Å². The molecule has 4 nitrogen and oxygen atoms in total. The van der Waals surface area contributed by atoms with E-state index in [1.807, 2.05) is 0 Å². The van der Waals surface area contributed by atoms with Gasteiger partial charge in [0.1, 0.15) is 0 Å². The van der Waals surface area contributed by atoms with Crippen LogP contribution in [0.15, 0.2) is 0 Å². The van der Waals surface area contributed by atoms with Crippen molar-refractivity contribution in [2.75, 3.05) is 13.1 Å². The Labute approximate surface area is 110 Å². The normalized spacial score (nSPS) is 21.9. The maximum atomic E-state index is 12.8. The van der Waals surface area contributed by atoms with Crippen LogP contribution < -0.4 is 5.32 Å². The average Bonchev–Trinajstić information content (AvgIpc) is 2.36. The van der Waals surface area contributed by atoms with Crippen LogP contribution in [0.5, 0.6) is 0 Å². The number of nitrogens with zero attached hydrogens (tertiary/aromatic N) is 1. The first-order chi connectivity index (χ1) is 8.54. The lowest BCUT2D eigenvalue weighted by molar-refractivity contribution is -0.215. The molecule has 0 aromatic rings. The zero-order chi connectivity index (χ0) is 14.8. The van der Waals surface area contributed by atoms with Crippen molar-refractivity contribution in [3.05, 3.63) is 0 Å². The third kappa shape index (κ3) is 3.84. The van der Waals surface area contributed by atoms with Crippen LogP contribution in [0.4, 0.5) is 13.2 Å². The molecule has 0 aliphatic carbocycles. The first-order valence-corrected chi connectivity index (χ1v) is 6.17. The molecule has 1 N–H and O–H groups in total. The smallest absolute Gasteiger partial charge is 0.354 e. The Bertz CT molecular complexity index is 366. The Morgan fingerprint density at radius 2 is 2.00 bits per heavy atom. The standard InChI is InChI=1S/C12H19F3N2O2/c1-8-6-9(18)16-4-5-17(8)10(19)7-11(2,3)12(13,14)15/h8H,4-7H2,1-3H3,(H,16,18). The predicted octanol–water partition coefficient (Wildman–Crippen LogP) is 1.70. The lowest BCUT2D eigenvalue weighted by Crippen LogP contribution is -2.44. The quantitative estimate of drug-likeness (QED) is 0.837. The van der Waals surface area contributed by atoms with Crippen LogP contribution in [0.3, 0.4) is 0 Å². The van der Waals surface area contributed by atoms with Crippen LogP contribution in [0.25, 0.3) is 0 Å². The molecule has 1 aliphatic rings. The topological polar surface area (TPSA) is 49.4 Å². The van der Waals surface area contributed by atoms with E-state index >= 15 is 0 Å². The third-order valence-electron chi connectivity index (χ3n) is 3.37. The summed E-state index contributed by atoms with van der Waals surface area (Å²) < 4.78 is 38.3. The highest BCUT2D eigenvalue weighted by molar-refractivity contribution is 5.81. The van der Waals surface area contributed by atoms with Gasteiger partial charge in [-0.3, -0.25) is 9.59 Å². The first kappa shape index (κ1) is 15.8. The van der Waals surface area contributed by atoms with Gasteiger partial charge in [-0.25, -0.2) is 0 Å². The summed E-state index contributed by atoms with van der Waals surface area (Å²) in [4.78, 5) is 24.6. The number of hydrogen-bond donors (Lipinski definition) is 1. The zero-order valence-corrected chi connectivity index (χ0v) is 11.3. The van der Waals surface area contributed by atoms with Crippen LogP contribution in [0.1, 0.15) is 33.6 Å². The fourth-order valence-electron chi connectivity index (χ4n) is 1.94. The number of hydrogen-bond acceptors (Lipinski definition) is 2. The highest BCUT2D eigenvalue weighted by atomic mass is 19.4. The zero-order valence-electron chi connectivity index (χ0n) is 11.3. The van der Waals surface area contributed by atoms with Crippen molar-refractivity contribution in [1.29, 1.82) is 0 Å². The van der Waals surface area contributed by atoms with Gasteiger partial charge in [-0.2, -0.15) is 13.2 Å². The van der Waals surface area contributed by atoms with Gasteiger partial charge in [0.25, 0.3) is 0 Å². The fourth-order valence-corrected chi connectivity index (χ4v) is 1.94. The summed E-state index contributed by atoms with van der Waals surface area (Å²) in [6, 6.07) is -0.376. The average molecular weight is 280 g/mol. The molecule has 110 valence electrons. The van der Waals surface area contributed by atoms with Gasteiger partial charge in [0.15, 0.2) is 0 Å². The van der Waals surface area contributed by atoms with Gasteiger partial charge in [0, 0.05) is 32.0 Å². The van der Waals surface area contributed by atoms with E-state index < -0.39 is 23.9 Å². The van der Waals surface area contributed by atoms with Crippen LogP contribution in [0, 0.1) is 5.41 Å². The minimum Gasteiger partial charge on any atom is -0.354 e. The Hall–Kier alpha value is -1.27. The third-order valence-corrected chi connectivity index (χ3v) is 3.37. The van der Waals surface area contributed by atoms with E-state index in [9.17, 15) is 22.8 Å². The van der Waals surface area contributed by atoms with E-state index in [0.717, 1.165) is 13.8 Å². The van der Waals surface area contributed by atoms with Crippen molar-refractivity contribution < 1.29 is 22.8 Å². The summed E-state index contributed by atoms with van der Waals surface area (Å²) >= 11 is 0. The van der Waals surface area contributed by atoms with E-state index in [-0.39, 0.29) is 31.5 Å². The largest absolute Gasteiger partial charge is 0.394 e. The summed E-state index contributed by atoms with van der Waals surface area (Å²) in [5, 5.41) is 2.60. The second-order valence-electron chi connectivity index (χ2n) is 5.55. The van der Waals surface area contributed by atoms with Gasteiger partial charge in [0.05, 0.1) is 5.41 Å². The van der Waals surface area contributed by atoms with Gasteiger partial charge in [-0.15, -0.1) is 0 Å². The number of amides is 2. The SMILES string of the molecule is CC1CC(=O)NCCN1C(=O)CC(C)(C)C(F)(F)F. The maximum Gasteiger partial charge on any atom is 0.394 e. The van der Waals surface area contributed by atoms with E-state index in [2.05, 4.69) is 5.32 Å². The minimum absolute atomic E-state index is 0.123. The molecule has 0 spiro atoms. The summed E-state index contributed by atoms with van der Waals surface area (Å²) in [5.74, 6) is -0.746. The molecular weight excluding hydrogens is 261 g/mol. The van der Waals surface area contributed by atoms with Crippen molar-refractivity contribution in [2.45, 2.75) is 45.8 Å². The molecule has 1 saturated heterocycles. The number of carbonyl (C=O) groups is 2. The Morgan fingerprint density at radius 1 is 1.42 bits per heavy atom. The molecular formula is C12H19F3N2O2. The van der Waals surface area contributed by atoms with Crippen LogP contribution in [-0.4, -0.2) is 42.0 Å². The molecule has 1 unspecified atom stereocenters. The van der Waals surface area contributed by atoms with Crippen molar-refractivity contribution >= 4 is 11.8 Å². The lowest BCUT2D eigenvalue weighted by atomic mass is 9.87. The van der Waals surface area contributed by atoms with Gasteiger partial charge in [0.2, 0.25) is 11.8 Å². The van der Waals surface area contributed by atoms with Gasteiger partial charge in [-0.05, 0) is 6.92 Å². The Kier molecular flexibility index (Phi) is 4.47. The highest BCUT2D eigenvalue weighted by Crippen LogP contribution is 2.40. The highest BCUT2D eigenvalue weighted by Gasteiger charge is 2.49. The summed E-state index contributed by atoms with van der Waals surface area (Å²) in [5.41, 5.74) is -2.06. The molecule has 0 aromatic carbocycles. The van der Waals surface area contributed by atoms with Crippen LogP contribution in [-0.2, 0) is 9.59 Å². The Balaban J connectivity index is 2.75. The van der Waals surface area contributed by atoms with Gasteiger partial charge >= 0.3 is 6.18 Å². The van der Waals surface area contributed by atoms with Crippen molar-refractivity contribution in [3.8, 4) is 0 Å². The number of alkyl halides is 3. The maximum absolute atomic E-state index is 12.8. The molecule has 1 atom stereocenters. The summed E-state index contributed by atoms with van der Waals surface area (Å²) in [7, 11) is 0. The van der Waals surface area contributed by atoms with E-state index in [4.69, 9.17) is 0 Å². The molecule has 0 radical (unpaired) electrons. The molecule has 0 bridgehead atoms. The molecule has 0 saturated carbocycles. The molecule has 0 aromatic heterocycles. The first-order valence-electron chi connectivity index (χ1n) is 6.17. The predicted molar refractivity (Wildman–Crippen MR) is 63.3 cm³/mol. The lowest BCUT2D eigenvalue weighted by Gasteiger charge is -2.32. The van der Waals surface area contributed by atoms with E-state index in [0.29, 0.717) is 0 Å². The van der Waals surface area contributed by atoms with Gasteiger partial charge < -0.3 is 10.2 Å². The monoisotopic (exact) mass is 280 g/mol. The molecule has 1 rings (SSSR count). The molecule has 1 fully saturated rings. The molecule has 1 heterocycles. The van der Waals surface area contributed by atoms with E-state index in [1.165, 1.54) is 4.90 Å². The summed E-state index contributed by atoms with van der Waals surface area (Å²) in [6.07, 6.45) is -4.90. The second-order valence-corrected chi connectivity index (χ2v) is 5.55. The molecule has 7 heteroatoms. The fraction of sp³-hybridized carbons (Fsp3) is 0.833. The number of nitrogens with one attached hydrogen (secondary N) is 1. The second kappa shape index (κ2) is 5.38. The van der Waals surface area contributed by atoms with Crippen molar-refractivity contribution in [2.24, 2.45) is 5.41 Å². The Morgan fingerprint density at radius 3 is 2.53 bits per heavy atom. The van der Waals surface area contributed by atoms with Crippen LogP contribution in [0.2, 0.25) is 0 Å². The minimum atomic E-state index is -4.42. The van der Waals surface area contributed by atoms with Gasteiger partial charge in [-0.1, -0.05) is 13.8 Å². The molecule has 1 aliphatic heterocycles. The molecule has 2 amide bonds. The van der Waals surface area contributed by atoms with E-state index in [1.54, 1.807) is 6.92 Å². The number of rotatable bonds is 2.